The lowest BCUT2D eigenvalue weighted by Gasteiger charge is -2.29. The van der Waals surface area contributed by atoms with Crippen LogP contribution in [0.1, 0.15) is 18.2 Å². The van der Waals surface area contributed by atoms with E-state index in [1.54, 1.807) is 11.3 Å². The number of halogens is 1. The molecule has 0 unspecified atom stereocenters. The van der Waals surface area contributed by atoms with E-state index in [0.29, 0.717) is 13.0 Å². The first kappa shape index (κ1) is 12.9. The van der Waals surface area contributed by atoms with Crippen LogP contribution in [0.25, 0.3) is 0 Å². The van der Waals surface area contributed by atoms with Crippen LogP contribution in [0.5, 0.6) is 0 Å². The van der Waals surface area contributed by atoms with Crippen LogP contribution in [-0.4, -0.2) is 29.0 Å². The Hall–Kier alpha value is -0.130. The standard InChI is InChI=1S/C10H16ClNO2S/c1-2-10(6-13,7-14)12-4-9-3-8(11)5-15-9/h3,5,12-14H,2,4,6-7H2,1H3. The lowest BCUT2D eigenvalue weighted by atomic mass is 9.98. The molecule has 5 heteroatoms. The monoisotopic (exact) mass is 249 g/mol. The first-order valence-electron chi connectivity index (χ1n) is 4.85. The zero-order valence-electron chi connectivity index (χ0n) is 8.66. The third-order valence-corrected chi connectivity index (χ3v) is 3.83. The van der Waals surface area contributed by atoms with Crippen molar-refractivity contribution >= 4 is 22.9 Å². The van der Waals surface area contributed by atoms with E-state index in [9.17, 15) is 10.2 Å². The van der Waals surface area contributed by atoms with Crippen molar-refractivity contribution in [2.75, 3.05) is 13.2 Å². The minimum atomic E-state index is -0.587. The second-order valence-electron chi connectivity index (χ2n) is 3.53. The highest BCUT2D eigenvalue weighted by Gasteiger charge is 2.25. The molecule has 0 aromatic carbocycles. The van der Waals surface area contributed by atoms with Crippen molar-refractivity contribution in [2.45, 2.75) is 25.4 Å². The number of thiophene rings is 1. The Bertz CT molecular complexity index is 291. The summed E-state index contributed by atoms with van der Waals surface area (Å²) in [6, 6.07) is 1.88. The Morgan fingerprint density at radius 3 is 2.53 bits per heavy atom. The van der Waals surface area contributed by atoms with Crippen molar-refractivity contribution in [3.63, 3.8) is 0 Å². The number of nitrogens with one attached hydrogen (secondary N) is 1. The van der Waals surface area contributed by atoms with Crippen LogP contribution in [0.4, 0.5) is 0 Å². The van der Waals surface area contributed by atoms with Crippen LogP contribution in [0.3, 0.4) is 0 Å². The molecule has 1 aromatic rings. The van der Waals surface area contributed by atoms with E-state index in [1.165, 1.54) is 0 Å². The van der Waals surface area contributed by atoms with Gasteiger partial charge in [-0.1, -0.05) is 18.5 Å². The summed E-state index contributed by atoms with van der Waals surface area (Å²) in [5.74, 6) is 0. The Balaban J connectivity index is 2.54. The molecule has 1 rings (SSSR count). The van der Waals surface area contributed by atoms with Crippen molar-refractivity contribution in [1.29, 1.82) is 0 Å². The largest absolute Gasteiger partial charge is 0.394 e. The van der Waals surface area contributed by atoms with Gasteiger partial charge in [0.2, 0.25) is 0 Å². The molecule has 0 spiro atoms. The van der Waals surface area contributed by atoms with Crippen LogP contribution in [0.15, 0.2) is 11.4 Å². The van der Waals surface area contributed by atoms with Gasteiger partial charge in [-0.15, -0.1) is 11.3 Å². The summed E-state index contributed by atoms with van der Waals surface area (Å²) in [6.07, 6.45) is 0.680. The second kappa shape index (κ2) is 5.82. The molecule has 0 aliphatic carbocycles. The molecule has 0 saturated carbocycles. The Morgan fingerprint density at radius 1 is 1.47 bits per heavy atom. The number of aliphatic hydroxyl groups is 2. The smallest absolute Gasteiger partial charge is 0.0648 e. The predicted molar refractivity (Wildman–Crippen MR) is 63.4 cm³/mol. The topological polar surface area (TPSA) is 52.5 Å². The molecule has 1 heterocycles. The maximum atomic E-state index is 9.21. The SMILES string of the molecule is CCC(CO)(CO)NCc1cc(Cl)cs1. The third kappa shape index (κ3) is 3.43. The van der Waals surface area contributed by atoms with Gasteiger partial charge in [-0.25, -0.2) is 0 Å². The summed E-state index contributed by atoms with van der Waals surface area (Å²) in [7, 11) is 0. The first-order valence-corrected chi connectivity index (χ1v) is 6.11. The first-order chi connectivity index (χ1) is 7.15. The van der Waals surface area contributed by atoms with Crippen LogP contribution < -0.4 is 5.32 Å². The van der Waals surface area contributed by atoms with Crippen LogP contribution in [-0.2, 0) is 6.54 Å². The van der Waals surface area contributed by atoms with Gasteiger partial charge in [-0.05, 0) is 12.5 Å². The van der Waals surface area contributed by atoms with Gasteiger partial charge >= 0.3 is 0 Å². The molecule has 15 heavy (non-hydrogen) atoms. The molecule has 0 radical (unpaired) electrons. The number of hydrogen-bond donors (Lipinski definition) is 3. The lowest BCUT2D eigenvalue weighted by Crippen LogP contribution is -2.50. The molecular formula is C10H16ClNO2S. The van der Waals surface area contributed by atoms with Gasteiger partial charge in [0.25, 0.3) is 0 Å². The molecule has 0 saturated heterocycles. The Labute approximate surface area is 98.7 Å². The van der Waals surface area contributed by atoms with Crippen LogP contribution >= 0.6 is 22.9 Å². The highest BCUT2D eigenvalue weighted by atomic mass is 35.5. The minimum Gasteiger partial charge on any atom is -0.394 e. The predicted octanol–water partition coefficient (Wildman–Crippen LogP) is 1.62. The molecule has 0 amide bonds. The van der Waals surface area contributed by atoms with E-state index < -0.39 is 5.54 Å². The summed E-state index contributed by atoms with van der Waals surface area (Å²) in [6.45, 7) is 2.41. The van der Waals surface area contributed by atoms with Crippen molar-refractivity contribution in [1.82, 2.24) is 5.32 Å². The minimum absolute atomic E-state index is 0.0703. The zero-order chi connectivity index (χ0) is 11.3. The van der Waals surface area contributed by atoms with Crippen LogP contribution in [0.2, 0.25) is 5.02 Å². The fraction of sp³-hybridized carbons (Fsp3) is 0.600. The Morgan fingerprint density at radius 2 is 2.13 bits per heavy atom. The molecule has 0 bridgehead atoms. The van der Waals surface area contributed by atoms with Crippen molar-refractivity contribution in [3.8, 4) is 0 Å². The van der Waals surface area contributed by atoms with E-state index in [1.807, 2.05) is 18.4 Å². The molecular weight excluding hydrogens is 234 g/mol. The van der Waals surface area contributed by atoms with Gasteiger partial charge in [0.05, 0.1) is 23.8 Å². The van der Waals surface area contributed by atoms with Crippen molar-refractivity contribution in [2.24, 2.45) is 0 Å². The summed E-state index contributed by atoms with van der Waals surface area (Å²) >= 11 is 7.36. The fourth-order valence-corrected chi connectivity index (χ4v) is 2.24. The number of rotatable bonds is 6. The maximum Gasteiger partial charge on any atom is 0.0648 e. The van der Waals surface area contributed by atoms with Gasteiger partial charge in [0.15, 0.2) is 0 Å². The lowest BCUT2D eigenvalue weighted by molar-refractivity contribution is 0.0866. The quantitative estimate of drug-likeness (QED) is 0.718. The summed E-state index contributed by atoms with van der Waals surface area (Å²) < 4.78 is 0. The maximum absolute atomic E-state index is 9.21. The molecule has 0 atom stereocenters. The summed E-state index contributed by atoms with van der Waals surface area (Å²) in [4.78, 5) is 1.10. The number of aliphatic hydroxyl groups excluding tert-OH is 2. The molecule has 0 fully saturated rings. The average Bonchev–Trinajstić information content (AvgIpc) is 2.67. The fourth-order valence-electron chi connectivity index (χ4n) is 1.23. The van der Waals surface area contributed by atoms with E-state index >= 15 is 0 Å². The van der Waals surface area contributed by atoms with E-state index in [-0.39, 0.29) is 13.2 Å². The zero-order valence-corrected chi connectivity index (χ0v) is 10.2. The average molecular weight is 250 g/mol. The third-order valence-electron chi connectivity index (χ3n) is 2.54. The van der Waals surface area contributed by atoms with Crippen molar-refractivity contribution in [3.05, 3.63) is 21.3 Å². The number of hydrogen-bond acceptors (Lipinski definition) is 4. The molecule has 86 valence electrons. The Kier molecular flexibility index (Phi) is 5.02. The van der Waals surface area contributed by atoms with E-state index in [0.717, 1.165) is 9.90 Å². The molecule has 3 N–H and O–H groups in total. The summed E-state index contributed by atoms with van der Waals surface area (Å²) in [5, 5.41) is 24.2. The molecule has 1 aromatic heterocycles. The van der Waals surface area contributed by atoms with Gasteiger partial charge in [-0.3, -0.25) is 0 Å². The molecule has 0 aliphatic heterocycles. The summed E-state index contributed by atoms with van der Waals surface area (Å²) in [5.41, 5.74) is -0.587. The van der Waals surface area contributed by atoms with Gasteiger partial charge < -0.3 is 15.5 Å². The normalized spacial score (nSPS) is 12.0. The van der Waals surface area contributed by atoms with Gasteiger partial charge in [0.1, 0.15) is 0 Å². The molecule has 3 nitrogen and oxygen atoms in total. The van der Waals surface area contributed by atoms with E-state index in [2.05, 4.69) is 5.32 Å². The van der Waals surface area contributed by atoms with E-state index in [4.69, 9.17) is 11.6 Å². The molecule has 0 aliphatic rings. The van der Waals surface area contributed by atoms with Gasteiger partial charge in [-0.2, -0.15) is 0 Å². The van der Waals surface area contributed by atoms with Crippen LogP contribution in [0, 0.1) is 0 Å². The van der Waals surface area contributed by atoms with Crippen molar-refractivity contribution < 1.29 is 10.2 Å². The van der Waals surface area contributed by atoms with Gasteiger partial charge in [0, 0.05) is 16.8 Å². The second-order valence-corrected chi connectivity index (χ2v) is 4.97. The highest BCUT2D eigenvalue weighted by molar-refractivity contribution is 7.10. The highest BCUT2D eigenvalue weighted by Crippen LogP contribution is 2.20.